The lowest BCUT2D eigenvalue weighted by Gasteiger charge is -2.35. The second-order valence-corrected chi connectivity index (χ2v) is 7.79. The van der Waals surface area contributed by atoms with E-state index in [1.807, 2.05) is 11.1 Å². The number of hydrogen-bond acceptors (Lipinski definition) is 4. The molecule has 2 amide bonds. The molecule has 29 heavy (non-hydrogen) atoms. The number of benzene rings is 1. The lowest BCUT2D eigenvalue weighted by atomic mass is 9.99. The molecular formula is C22H25FN4O2. The molecule has 1 fully saturated rings. The van der Waals surface area contributed by atoms with Crippen LogP contribution in [0.3, 0.4) is 0 Å². The summed E-state index contributed by atoms with van der Waals surface area (Å²) in [5.74, 6) is 0.463. The number of halogens is 1. The summed E-state index contributed by atoms with van der Waals surface area (Å²) < 4.78 is 13.1. The lowest BCUT2D eigenvalue weighted by Crippen LogP contribution is -2.40. The summed E-state index contributed by atoms with van der Waals surface area (Å²) in [5, 5.41) is 0. The van der Waals surface area contributed by atoms with Gasteiger partial charge in [0, 0.05) is 44.7 Å². The number of likely N-dealkylation sites (tertiary alicyclic amines) is 1. The number of fused-ring (bicyclic) bond motifs is 1. The van der Waals surface area contributed by atoms with Gasteiger partial charge in [0.05, 0.1) is 18.2 Å². The molecule has 0 radical (unpaired) electrons. The molecule has 0 aliphatic carbocycles. The Bertz CT molecular complexity index is 916. The summed E-state index contributed by atoms with van der Waals surface area (Å²) in [6.07, 6.45) is 5.60. The fourth-order valence-corrected chi connectivity index (χ4v) is 4.14. The first-order chi connectivity index (χ1) is 14.0. The molecule has 2 aliphatic heterocycles. The van der Waals surface area contributed by atoms with Crippen LogP contribution in [0.25, 0.3) is 0 Å². The highest BCUT2D eigenvalue weighted by Crippen LogP contribution is 2.30. The minimum atomic E-state index is -0.303. The van der Waals surface area contributed by atoms with E-state index >= 15 is 0 Å². The molecule has 1 atom stereocenters. The highest BCUT2D eigenvalue weighted by atomic mass is 19.1. The van der Waals surface area contributed by atoms with E-state index in [2.05, 4.69) is 4.98 Å². The number of aromatic nitrogens is 2. The van der Waals surface area contributed by atoms with Crippen LogP contribution in [0, 0.1) is 5.82 Å². The van der Waals surface area contributed by atoms with E-state index in [-0.39, 0.29) is 30.1 Å². The molecule has 1 aromatic heterocycles. The molecule has 7 heteroatoms. The van der Waals surface area contributed by atoms with Gasteiger partial charge in [-0.25, -0.2) is 14.4 Å². The third-order valence-electron chi connectivity index (χ3n) is 5.79. The van der Waals surface area contributed by atoms with Crippen LogP contribution >= 0.6 is 0 Å². The SMILES string of the molecule is CC(=O)N1CCc2nc([C@@H]3CCCCN3C(=O)Cc3ccc(F)cc3)ncc2C1. The van der Waals surface area contributed by atoms with Gasteiger partial charge >= 0.3 is 0 Å². The Morgan fingerprint density at radius 1 is 1.17 bits per heavy atom. The summed E-state index contributed by atoms with van der Waals surface area (Å²) in [7, 11) is 0. The van der Waals surface area contributed by atoms with Crippen molar-refractivity contribution in [3.63, 3.8) is 0 Å². The van der Waals surface area contributed by atoms with Crippen LogP contribution in [0.4, 0.5) is 4.39 Å². The smallest absolute Gasteiger partial charge is 0.227 e. The van der Waals surface area contributed by atoms with Crippen molar-refractivity contribution in [1.29, 1.82) is 0 Å². The van der Waals surface area contributed by atoms with Gasteiger partial charge in [-0.15, -0.1) is 0 Å². The van der Waals surface area contributed by atoms with E-state index in [1.165, 1.54) is 12.1 Å². The first-order valence-corrected chi connectivity index (χ1v) is 10.2. The zero-order valence-electron chi connectivity index (χ0n) is 16.6. The maximum Gasteiger partial charge on any atom is 0.227 e. The van der Waals surface area contributed by atoms with Gasteiger partial charge < -0.3 is 9.80 Å². The topological polar surface area (TPSA) is 66.4 Å². The molecule has 0 spiro atoms. The van der Waals surface area contributed by atoms with Crippen molar-refractivity contribution in [2.45, 2.75) is 51.6 Å². The number of amides is 2. The monoisotopic (exact) mass is 396 g/mol. The Labute approximate surface area is 169 Å². The summed E-state index contributed by atoms with van der Waals surface area (Å²) in [5.41, 5.74) is 2.76. The third kappa shape index (κ3) is 4.28. The van der Waals surface area contributed by atoms with Gasteiger partial charge in [-0.2, -0.15) is 0 Å². The highest BCUT2D eigenvalue weighted by molar-refractivity contribution is 5.79. The van der Waals surface area contributed by atoms with Crippen molar-refractivity contribution in [2.75, 3.05) is 13.1 Å². The molecule has 1 aromatic carbocycles. The predicted octanol–water partition coefficient (Wildman–Crippen LogP) is 2.82. The van der Waals surface area contributed by atoms with Crippen molar-refractivity contribution in [3.8, 4) is 0 Å². The average Bonchev–Trinajstić information content (AvgIpc) is 2.74. The van der Waals surface area contributed by atoms with Crippen LogP contribution in [0.5, 0.6) is 0 Å². The Balaban J connectivity index is 1.52. The van der Waals surface area contributed by atoms with Gasteiger partial charge in [0.25, 0.3) is 0 Å². The van der Waals surface area contributed by atoms with Gasteiger partial charge in [-0.05, 0) is 37.0 Å². The van der Waals surface area contributed by atoms with Gasteiger partial charge in [-0.3, -0.25) is 9.59 Å². The van der Waals surface area contributed by atoms with Gasteiger partial charge in [0.2, 0.25) is 11.8 Å². The molecule has 1 saturated heterocycles. The largest absolute Gasteiger partial charge is 0.338 e. The molecule has 4 rings (SSSR count). The Morgan fingerprint density at radius 3 is 2.72 bits per heavy atom. The minimum absolute atomic E-state index is 0.0189. The molecule has 0 unspecified atom stereocenters. The van der Waals surface area contributed by atoms with Crippen molar-refractivity contribution in [3.05, 3.63) is 58.9 Å². The standard InChI is InChI=1S/C22H25FN4O2/c1-15(28)26-11-9-19-17(14-26)13-24-22(25-19)20-4-2-3-10-27(20)21(29)12-16-5-7-18(23)8-6-16/h5-8,13,20H,2-4,9-12,14H2,1H3/t20-/m0/s1. The maximum absolute atomic E-state index is 13.1. The number of carbonyl (C=O) groups excluding carboxylic acids is 2. The van der Waals surface area contributed by atoms with Crippen LogP contribution < -0.4 is 0 Å². The molecule has 3 heterocycles. The highest BCUT2D eigenvalue weighted by Gasteiger charge is 2.31. The summed E-state index contributed by atoms with van der Waals surface area (Å²) in [6.45, 7) is 3.47. The summed E-state index contributed by atoms with van der Waals surface area (Å²) in [4.78, 5) is 37.6. The number of hydrogen-bond donors (Lipinski definition) is 0. The van der Waals surface area contributed by atoms with E-state index in [1.54, 1.807) is 24.0 Å². The number of nitrogens with zero attached hydrogens (tertiary/aromatic N) is 4. The zero-order chi connectivity index (χ0) is 20.4. The van der Waals surface area contributed by atoms with E-state index in [0.29, 0.717) is 31.9 Å². The Hall–Kier alpha value is -2.83. The fraction of sp³-hybridized carbons (Fsp3) is 0.455. The zero-order valence-corrected chi connectivity index (χ0v) is 16.6. The van der Waals surface area contributed by atoms with E-state index in [4.69, 9.17) is 4.98 Å². The van der Waals surface area contributed by atoms with E-state index < -0.39 is 0 Å². The first-order valence-electron chi connectivity index (χ1n) is 10.2. The molecule has 2 aliphatic rings. The van der Waals surface area contributed by atoms with Crippen LogP contribution in [0.2, 0.25) is 0 Å². The molecule has 0 saturated carbocycles. The Morgan fingerprint density at radius 2 is 1.97 bits per heavy atom. The molecule has 2 aromatic rings. The summed E-state index contributed by atoms with van der Waals surface area (Å²) >= 11 is 0. The van der Waals surface area contributed by atoms with Crippen LogP contribution in [0.15, 0.2) is 30.5 Å². The van der Waals surface area contributed by atoms with Crippen molar-refractivity contribution < 1.29 is 14.0 Å². The molecule has 0 N–H and O–H groups in total. The molecule has 6 nitrogen and oxygen atoms in total. The van der Waals surface area contributed by atoms with Crippen LogP contribution in [-0.2, 0) is 29.0 Å². The first kappa shape index (κ1) is 19.5. The average molecular weight is 396 g/mol. The number of piperidine rings is 1. The van der Waals surface area contributed by atoms with Crippen molar-refractivity contribution in [1.82, 2.24) is 19.8 Å². The normalized spacial score (nSPS) is 19.0. The summed E-state index contributed by atoms with van der Waals surface area (Å²) in [6, 6.07) is 5.94. The van der Waals surface area contributed by atoms with Gasteiger partial charge in [0.1, 0.15) is 5.82 Å². The second kappa shape index (κ2) is 8.27. The number of rotatable bonds is 3. The van der Waals surface area contributed by atoms with Crippen LogP contribution in [0.1, 0.15) is 54.9 Å². The lowest BCUT2D eigenvalue weighted by molar-refractivity contribution is -0.134. The van der Waals surface area contributed by atoms with Crippen molar-refractivity contribution in [2.24, 2.45) is 0 Å². The van der Waals surface area contributed by atoms with Gasteiger partial charge in [0.15, 0.2) is 5.82 Å². The minimum Gasteiger partial charge on any atom is -0.338 e. The number of carbonyl (C=O) groups is 2. The van der Waals surface area contributed by atoms with Gasteiger partial charge in [-0.1, -0.05) is 12.1 Å². The van der Waals surface area contributed by atoms with E-state index in [0.717, 1.165) is 36.1 Å². The van der Waals surface area contributed by atoms with E-state index in [9.17, 15) is 14.0 Å². The fourth-order valence-electron chi connectivity index (χ4n) is 4.14. The quantitative estimate of drug-likeness (QED) is 0.800. The second-order valence-electron chi connectivity index (χ2n) is 7.79. The Kier molecular flexibility index (Phi) is 5.56. The third-order valence-corrected chi connectivity index (χ3v) is 5.79. The maximum atomic E-state index is 13.1. The molecule has 0 bridgehead atoms. The molecule has 152 valence electrons. The predicted molar refractivity (Wildman–Crippen MR) is 105 cm³/mol. The molecular weight excluding hydrogens is 371 g/mol. The van der Waals surface area contributed by atoms with Crippen LogP contribution in [-0.4, -0.2) is 44.7 Å². The van der Waals surface area contributed by atoms with Crippen molar-refractivity contribution >= 4 is 11.8 Å².